The lowest BCUT2D eigenvalue weighted by molar-refractivity contribution is 0.397. The molecule has 0 radical (unpaired) electrons. The normalized spacial score (nSPS) is 12.2. The topological polar surface area (TPSA) is 62.6 Å². The van der Waals surface area contributed by atoms with E-state index >= 15 is 0 Å². The minimum absolute atomic E-state index is 0.163. The molecule has 1 heterocycles. The van der Waals surface area contributed by atoms with E-state index in [1.165, 1.54) is 4.31 Å². The molecule has 0 saturated carbocycles. The Bertz CT molecular complexity index is 454. The average molecular weight is 274 g/mol. The lowest BCUT2D eigenvalue weighted by Gasteiger charge is -2.15. The van der Waals surface area contributed by atoms with Crippen LogP contribution in [0.5, 0.6) is 0 Å². The van der Waals surface area contributed by atoms with Crippen molar-refractivity contribution >= 4 is 10.0 Å². The van der Waals surface area contributed by atoms with Crippen molar-refractivity contribution in [3.05, 3.63) is 23.7 Å². The van der Waals surface area contributed by atoms with Crippen molar-refractivity contribution in [2.45, 2.75) is 26.8 Å². The van der Waals surface area contributed by atoms with Crippen LogP contribution in [-0.4, -0.2) is 38.6 Å². The van der Waals surface area contributed by atoms with Gasteiger partial charge in [0, 0.05) is 7.05 Å². The highest BCUT2D eigenvalue weighted by molar-refractivity contribution is 7.89. The van der Waals surface area contributed by atoms with E-state index in [0.717, 1.165) is 18.8 Å². The first kappa shape index (κ1) is 15.2. The molecule has 0 bridgehead atoms. The summed E-state index contributed by atoms with van der Waals surface area (Å²) in [7, 11) is -1.61. The molecule has 0 fully saturated rings. The van der Waals surface area contributed by atoms with Crippen molar-refractivity contribution in [3.63, 3.8) is 0 Å². The van der Waals surface area contributed by atoms with Crippen LogP contribution >= 0.6 is 0 Å². The van der Waals surface area contributed by atoms with E-state index in [2.05, 4.69) is 5.32 Å². The largest absolute Gasteiger partial charge is 0.465 e. The highest BCUT2D eigenvalue weighted by Crippen LogP contribution is 2.11. The van der Waals surface area contributed by atoms with Crippen LogP contribution in [0, 0.1) is 6.92 Å². The summed E-state index contributed by atoms with van der Waals surface area (Å²) in [4.78, 5) is 0. The van der Waals surface area contributed by atoms with Gasteiger partial charge in [0.15, 0.2) is 0 Å². The zero-order valence-electron chi connectivity index (χ0n) is 11.3. The number of aryl methyl sites for hydroxylation is 1. The molecule has 0 saturated heterocycles. The summed E-state index contributed by atoms with van der Waals surface area (Å²) in [6.45, 7) is 5.72. The van der Waals surface area contributed by atoms with Crippen molar-refractivity contribution in [1.82, 2.24) is 9.62 Å². The van der Waals surface area contributed by atoms with Gasteiger partial charge >= 0.3 is 0 Å². The highest BCUT2D eigenvalue weighted by atomic mass is 32.2. The van der Waals surface area contributed by atoms with Crippen LogP contribution in [0.25, 0.3) is 0 Å². The molecule has 0 aliphatic rings. The molecule has 0 aliphatic heterocycles. The van der Waals surface area contributed by atoms with Gasteiger partial charge in [-0.3, -0.25) is 0 Å². The fraction of sp³-hybridized carbons (Fsp3) is 0.667. The van der Waals surface area contributed by atoms with Gasteiger partial charge in [0.05, 0.1) is 12.3 Å². The van der Waals surface area contributed by atoms with Crippen LogP contribution in [-0.2, 0) is 16.6 Å². The first-order valence-corrected chi connectivity index (χ1v) is 7.76. The SMILES string of the molecule is CCNCCCS(=O)(=O)N(C)Cc1ccc(C)o1. The minimum Gasteiger partial charge on any atom is -0.465 e. The van der Waals surface area contributed by atoms with Gasteiger partial charge in [0.1, 0.15) is 11.5 Å². The summed E-state index contributed by atoms with van der Waals surface area (Å²) in [5.74, 6) is 1.63. The maximum absolute atomic E-state index is 12.0. The Hall–Kier alpha value is -0.850. The smallest absolute Gasteiger partial charge is 0.214 e. The average Bonchev–Trinajstić information content (AvgIpc) is 2.70. The third kappa shape index (κ3) is 4.80. The molecule has 0 amide bonds. The second-order valence-electron chi connectivity index (χ2n) is 4.29. The Kier molecular flexibility index (Phi) is 5.84. The Morgan fingerprint density at radius 1 is 1.39 bits per heavy atom. The van der Waals surface area contributed by atoms with Gasteiger partial charge < -0.3 is 9.73 Å². The third-order valence-electron chi connectivity index (χ3n) is 2.66. The Balaban J connectivity index is 2.46. The zero-order valence-corrected chi connectivity index (χ0v) is 12.1. The van der Waals surface area contributed by atoms with Gasteiger partial charge in [0.2, 0.25) is 10.0 Å². The van der Waals surface area contributed by atoms with Crippen molar-refractivity contribution in [2.75, 3.05) is 25.9 Å². The quantitative estimate of drug-likeness (QED) is 0.727. The Morgan fingerprint density at radius 2 is 2.11 bits per heavy atom. The monoisotopic (exact) mass is 274 g/mol. The number of sulfonamides is 1. The van der Waals surface area contributed by atoms with E-state index < -0.39 is 10.0 Å². The fourth-order valence-corrected chi connectivity index (χ4v) is 2.74. The van der Waals surface area contributed by atoms with Gasteiger partial charge in [0.25, 0.3) is 0 Å². The van der Waals surface area contributed by atoms with E-state index in [1.807, 2.05) is 19.9 Å². The summed E-state index contributed by atoms with van der Waals surface area (Å²) < 4.78 is 30.6. The predicted octanol–water partition coefficient (Wildman–Crippen LogP) is 1.35. The summed E-state index contributed by atoms with van der Waals surface area (Å²) in [5, 5.41) is 3.11. The molecule has 0 aromatic carbocycles. The van der Waals surface area contributed by atoms with Crippen molar-refractivity contribution in [2.24, 2.45) is 0 Å². The number of hydrogen-bond donors (Lipinski definition) is 1. The predicted molar refractivity (Wildman–Crippen MR) is 71.9 cm³/mol. The molecule has 5 nitrogen and oxygen atoms in total. The van der Waals surface area contributed by atoms with Crippen LogP contribution in [0.15, 0.2) is 16.5 Å². The number of rotatable bonds is 8. The van der Waals surface area contributed by atoms with Crippen molar-refractivity contribution in [1.29, 1.82) is 0 Å². The Labute approximate surface area is 109 Å². The number of nitrogens with zero attached hydrogens (tertiary/aromatic N) is 1. The molecule has 104 valence electrons. The van der Waals surface area contributed by atoms with Crippen molar-refractivity contribution in [3.8, 4) is 0 Å². The second kappa shape index (κ2) is 6.92. The number of nitrogens with one attached hydrogen (secondary N) is 1. The molecule has 0 unspecified atom stereocenters. The first-order valence-electron chi connectivity index (χ1n) is 6.15. The molecule has 18 heavy (non-hydrogen) atoms. The molecule has 6 heteroatoms. The first-order chi connectivity index (χ1) is 8.45. The number of furan rings is 1. The van der Waals surface area contributed by atoms with Crippen LogP contribution in [0.4, 0.5) is 0 Å². The standard InChI is InChI=1S/C12H22N2O3S/c1-4-13-8-5-9-18(15,16)14(3)10-12-7-6-11(2)17-12/h6-7,13H,4-5,8-10H2,1-3H3. The van der Waals surface area contributed by atoms with E-state index in [4.69, 9.17) is 4.42 Å². The molecule has 1 rings (SSSR count). The van der Waals surface area contributed by atoms with Crippen LogP contribution < -0.4 is 5.32 Å². The summed E-state index contributed by atoms with van der Waals surface area (Å²) in [5.41, 5.74) is 0. The Morgan fingerprint density at radius 3 is 2.67 bits per heavy atom. The lowest BCUT2D eigenvalue weighted by Crippen LogP contribution is -2.30. The maximum atomic E-state index is 12.0. The van der Waals surface area contributed by atoms with E-state index in [0.29, 0.717) is 12.2 Å². The van der Waals surface area contributed by atoms with Crippen molar-refractivity contribution < 1.29 is 12.8 Å². The zero-order chi connectivity index (χ0) is 13.6. The van der Waals surface area contributed by atoms with Crippen LogP contribution in [0.3, 0.4) is 0 Å². The number of hydrogen-bond acceptors (Lipinski definition) is 4. The molecule has 1 aromatic heterocycles. The van der Waals surface area contributed by atoms with E-state index in [9.17, 15) is 8.42 Å². The van der Waals surface area contributed by atoms with E-state index in [1.54, 1.807) is 13.1 Å². The molecule has 0 aliphatic carbocycles. The van der Waals surface area contributed by atoms with Gasteiger partial charge in [-0.15, -0.1) is 0 Å². The van der Waals surface area contributed by atoms with Crippen LogP contribution in [0.2, 0.25) is 0 Å². The molecule has 0 atom stereocenters. The summed E-state index contributed by atoms with van der Waals surface area (Å²) >= 11 is 0. The van der Waals surface area contributed by atoms with E-state index in [-0.39, 0.29) is 12.3 Å². The molecule has 1 aromatic rings. The third-order valence-corrected chi connectivity index (χ3v) is 4.54. The summed E-state index contributed by atoms with van der Waals surface area (Å²) in [6.07, 6.45) is 0.623. The van der Waals surface area contributed by atoms with Gasteiger partial charge in [-0.25, -0.2) is 8.42 Å². The highest BCUT2D eigenvalue weighted by Gasteiger charge is 2.18. The van der Waals surface area contributed by atoms with Gasteiger partial charge in [-0.05, 0) is 38.6 Å². The van der Waals surface area contributed by atoms with Gasteiger partial charge in [-0.1, -0.05) is 6.92 Å². The van der Waals surface area contributed by atoms with Crippen LogP contribution in [0.1, 0.15) is 24.9 Å². The van der Waals surface area contributed by atoms with Gasteiger partial charge in [-0.2, -0.15) is 4.31 Å². The minimum atomic E-state index is -3.20. The molecule has 1 N–H and O–H groups in total. The lowest BCUT2D eigenvalue weighted by atomic mass is 10.4. The fourth-order valence-electron chi connectivity index (χ4n) is 1.60. The molecular weight excluding hydrogens is 252 g/mol. The molecule has 0 spiro atoms. The summed E-state index contributed by atoms with van der Waals surface area (Å²) in [6, 6.07) is 3.64. The maximum Gasteiger partial charge on any atom is 0.214 e. The second-order valence-corrected chi connectivity index (χ2v) is 6.49. The molecular formula is C12H22N2O3S.